The summed E-state index contributed by atoms with van der Waals surface area (Å²) < 4.78 is 5.03. The predicted octanol–water partition coefficient (Wildman–Crippen LogP) is 1.67. The highest BCUT2D eigenvalue weighted by atomic mass is 35.5. The van der Waals surface area contributed by atoms with Gasteiger partial charge in [0.15, 0.2) is 11.5 Å². The van der Waals surface area contributed by atoms with Gasteiger partial charge in [-0.1, -0.05) is 11.6 Å². The number of aromatic hydroxyl groups is 1. The fourth-order valence-corrected chi connectivity index (χ4v) is 2.16. The topological polar surface area (TPSA) is 61.7 Å². The average molecular weight is 258 g/mol. The van der Waals surface area contributed by atoms with Gasteiger partial charge in [0.2, 0.25) is 0 Å². The van der Waals surface area contributed by atoms with Gasteiger partial charge in [0.1, 0.15) is 0 Å². The third-order valence-electron chi connectivity index (χ3n) is 3.03. The maximum atomic E-state index is 9.90. The molecule has 4 nitrogen and oxygen atoms in total. The molecule has 5 heteroatoms. The number of benzene rings is 1. The number of methoxy groups -OCH3 is 1. The zero-order chi connectivity index (χ0) is 12.4. The minimum absolute atomic E-state index is 0.115. The highest BCUT2D eigenvalue weighted by Gasteiger charge is 2.26. The molecule has 0 bridgehead atoms. The number of nitrogens with one attached hydrogen (secondary N) is 1. The summed E-state index contributed by atoms with van der Waals surface area (Å²) in [5.41, 5.74) is 0.704. The van der Waals surface area contributed by atoms with Crippen molar-refractivity contribution in [1.29, 1.82) is 0 Å². The molecule has 0 unspecified atom stereocenters. The van der Waals surface area contributed by atoms with Crippen molar-refractivity contribution in [2.75, 3.05) is 7.11 Å². The maximum absolute atomic E-state index is 9.90. The zero-order valence-electron chi connectivity index (χ0n) is 9.61. The quantitative estimate of drug-likeness (QED) is 0.768. The largest absolute Gasteiger partial charge is 0.504 e. The monoisotopic (exact) mass is 257 g/mol. The minimum atomic E-state index is -0.185. The van der Waals surface area contributed by atoms with E-state index in [2.05, 4.69) is 5.32 Å². The first kappa shape index (κ1) is 12.5. The highest BCUT2D eigenvalue weighted by Crippen LogP contribution is 2.33. The molecule has 1 aromatic rings. The number of ether oxygens (including phenoxy) is 1. The Morgan fingerprint density at radius 1 is 1.47 bits per heavy atom. The number of phenols is 1. The third-order valence-corrected chi connectivity index (χ3v) is 3.25. The van der Waals surface area contributed by atoms with E-state index in [9.17, 15) is 5.11 Å². The van der Waals surface area contributed by atoms with E-state index < -0.39 is 0 Å². The van der Waals surface area contributed by atoms with Gasteiger partial charge in [0.25, 0.3) is 0 Å². The molecule has 0 aromatic heterocycles. The van der Waals surface area contributed by atoms with Crippen molar-refractivity contribution in [3.8, 4) is 11.5 Å². The summed E-state index contributed by atoms with van der Waals surface area (Å²) in [6, 6.07) is 3.60. The molecule has 0 aliphatic heterocycles. The molecule has 0 heterocycles. The average Bonchev–Trinajstić information content (AvgIpc) is 2.26. The van der Waals surface area contributed by atoms with Gasteiger partial charge < -0.3 is 20.3 Å². The van der Waals surface area contributed by atoms with Gasteiger partial charge in [-0.2, -0.15) is 0 Å². The van der Waals surface area contributed by atoms with Crippen LogP contribution in [0.4, 0.5) is 0 Å². The van der Waals surface area contributed by atoms with E-state index in [-0.39, 0.29) is 11.9 Å². The number of hydrogen-bond donors (Lipinski definition) is 3. The Labute approximate surface area is 105 Å². The smallest absolute Gasteiger partial charge is 0.162 e. The second kappa shape index (κ2) is 5.12. The van der Waals surface area contributed by atoms with Crippen molar-refractivity contribution in [1.82, 2.24) is 5.32 Å². The molecule has 0 amide bonds. The summed E-state index contributed by atoms with van der Waals surface area (Å²) in [5.74, 6) is 0.493. The van der Waals surface area contributed by atoms with Crippen LogP contribution in [0.3, 0.4) is 0 Å². The number of phenolic OH excluding ortho intramolecular Hbond substituents is 1. The van der Waals surface area contributed by atoms with Crippen molar-refractivity contribution < 1.29 is 14.9 Å². The first-order valence-electron chi connectivity index (χ1n) is 5.57. The molecular formula is C12H16ClNO3. The van der Waals surface area contributed by atoms with Crippen molar-refractivity contribution in [3.05, 3.63) is 22.7 Å². The summed E-state index contributed by atoms with van der Waals surface area (Å²) in [6.07, 6.45) is 1.34. The van der Waals surface area contributed by atoms with Crippen molar-refractivity contribution >= 4 is 11.6 Å². The first-order chi connectivity index (χ1) is 8.10. The van der Waals surface area contributed by atoms with Crippen LogP contribution in [0.2, 0.25) is 5.02 Å². The fraction of sp³-hybridized carbons (Fsp3) is 0.500. The molecule has 17 heavy (non-hydrogen) atoms. The third kappa shape index (κ3) is 2.83. The summed E-state index contributed by atoms with van der Waals surface area (Å²) >= 11 is 5.93. The lowest BCUT2D eigenvalue weighted by molar-refractivity contribution is 0.0618. The van der Waals surface area contributed by atoms with Gasteiger partial charge in [0.05, 0.1) is 13.2 Å². The van der Waals surface area contributed by atoms with E-state index in [0.29, 0.717) is 28.9 Å². The summed E-state index contributed by atoms with van der Waals surface area (Å²) in [5, 5.41) is 22.8. The molecule has 2 rings (SSSR count). The number of aliphatic hydroxyl groups is 1. The number of halogens is 1. The van der Waals surface area contributed by atoms with Crippen LogP contribution < -0.4 is 10.1 Å². The van der Waals surface area contributed by atoms with E-state index in [4.69, 9.17) is 21.4 Å². The lowest BCUT2D eigenvalue weighted by atomic mass is 9.89. The Morgan fingerprint density at radius 2 is 2.18 bits per heavy atom. The molecule has 0 atom stereocenters. The Morgan fingerprint density at radius 3 is 2.76 bits per heavy atom. The van der Waals surface area contributed by atoms with Gasteiger partial charge in [-0.3, -0.25) is 0 Å². The van der Waals surface area contributed by atoms with Crippen LogP contribution in [0.15, 0.2) is 12.1 Å². The molecule has 0 spiro atoms. The molecule has 3 N–H and O–H groups in total. The van der Waals surface area contributed by atoms with Crippen molar-refractivity contribution in [2.24, 2.45) is 0 Å². The van der Waals surface area contributed by atoms with Crippen LogP contribution in [-0.4, -0.2) is 29.5 Å². The SMILES string of the molecule is COc1cc(Cl)cc(CNC2CC(O)C2)c1O. The lowest BCUT2D eigenvalue weighted by Gasteiger charge is -2.32. The van der Waals surface area contributed by atoms with Crippen LogP contribution in [0.1, 0.15) is 18.4 Å². The molecular weight excluding hydrogens is 242 g/mol. The summed E-state index contributed by atoms with van der Waals surface area (Å²) in [7, 11) is 1.49. The van der Waals surface area contributed by atoms with E-state index in [1.165, 1.54) is 7.11 Å². The minimum Gasteiger partial charge on any atom is -0.504 e. The van der Waals surface area contributed by atoms with Gasteiger partial charge in [-0.05, 0) is 18.9 Å². The van der Waals surface area contributed by atoms with Crippen molar-refractivity contribution in [3.63, 3.8) is 0 Å². The van der Waals surface area contributed by atoms with E-state index in [0.717, 1.165) is 12.8 Å². The number of rotatable bonds is 4. The molecule has 0 saturated heterocycles. The van der Waals surface area contributed by atoms with Crippen LogP contribution >= 0.6 is 11.6 Å². The van der Waals surface area contributed by atoms with Crippen LogP contribution in [0.25, 0.3) is 0 Å². The number of hydrogen-bond acceptors (Lipinski definition) is 4. The Kier molecular flexibility index (Phi) is 3.76. The van der Waals surface area contributed by atoms with Gasteiger partial charge >= 0.3 is 0 Å². The molecule has 1 aromatic carbocycles. The Hall–Kier alpha value is -0.970. The summed E-state index contributed by atoms with van der Waals surface area (Å²) in [6.45, 7) is 0.514. The Balaban J connectivity index is 2.02. The first-order valence-corrected chi connectivity index (χ1v) is 5.94. The lowest BCUT2D eigenvalue weighted by Crippen LogP contribution is -2.43. The van der Waals surface area contributed by atoms with E-state index >= 15 is 0 Å². The second-order valence-electron chi connectivity index (χ2n) is 4.32. The Bertz CT molecular complexity index is 405. The van der Waals surface area contributed by atoms with Crippen LogP contribution in [0.5, 0.6) is 11.5 Å². The van der Waals surface area contributed by atoms with Crippen LogP contribution in [-0.2, 0) is 6.54 Å². The van der Waals surface area contributed by atoms with Gasteiger partial charge in [0, 0.05) is 29.2 Å². The maximum Gasteiger partial charge on any atom is 0.162 e. The standard InChI is InChI=1S/C12H16ClNO3/c1-17-11-3-8(13)2-7(12(11)16)6-14-9-4-10(15)5-9/h2-3,9-10,14-16H,4-6H2,1H3. The highest BCUT2D eigenvalue weighted by molar-refractivity contribution is 6.30. The van der Waals surface area contributed by atoms with Gasteiger partial charge in [-0.25, -0.2) is 0 Å². The number of aliphatic hydroxyl groups excluding tert-OH is 1. The fourth-order valence-electron chi connectivity index (χ4n) is 1.93. The second-order valence-corrected chi connectivity index (χ2v) is 4.76. The molecule has 0 radical (unpaired) electrons. The normalized spacial score (nSPS) is 23.2. The van der Waals surface area contributed by atoms with E-state index in [1.807, 2.05) is 0 Å². The van der Waals surface area contributed by atoms with Gasteiger partial charge in [-0.15, -0.1) is 0 Å². The molecule has 1 aliphatic rings. The molecule has 1 fully saturated rings. The molecule has 1 aliphatic carbocycles. The molecule has 94 valence electrons. The van der Waals surface area contributed by atoms with Crippen molar-refractivity contribution in [2.45, 2.75) is 31.5 Å². The molecule has 1 saturated carbocycles. The summed E-state index contributed by atoms with van der Waals surface area (Å²) in [4.78, 5) is 0. The predicted molar refractivity (Wildman–Crippen MR) is 65.5 cm³/mol. The zero-order valence-corrected chi connectivity index (χ0v) is 10.4. The van der Waals surface area contributed by atoms with E-state index in [1.54, 1.807) is 12.1 Å². The van der Waals surface area contributed by atoms with Crippen LogP contribution in [0, 0.1) is 0 Å².